The number of ether oxygens (including phenoxy) is 2. The van der Waals surface area contributed by atoms with Crippen LogP contribution in [0.5, 0.6) is 0 Å². The second kappa shape index (κ2) is 17.7. The minimum absolute atomic E-state index is 0.107. The Morgan fingerprint density at radius 3 is 2.00 bits per heavy atom. The maximum absolute atomic E-state index is 14.0. The highest BCUT2D eigenvalue weighted by Crippen LogP contribution is 2.45. The van der Waals surface area contributed by atoms with Crippen molar-refractivity contribution in [2.45, 2.75) is 63.7 Å². The molecule has 0 bridgehead atoms. The Bertz CT molecular complexity index is 2790. The summed E-state index contributed by atoms with van der Waals surface area (Å²) in [5.74, 6) is 1.00. The molecule has 0 aliphatic carbocycles. The van der Waals surface area contributed by atoms with Crippen LogP contribution in [-0.4, -0.2) is 87.1 Å². The SMILES string of the molecule is COC(=O)NC(C(=O)N1CCCC1c1nc2ccc(-c3csc4c(-c5ccc(-c6cnc(C7CCCN7C(=O)C(NC(=O)OC)C(C)C)[nH]6)cc5)csc34)cc2[nH]1)c1ccccc1. The average molecular weight is 885 g/mol. The number of nitrogens with one attached hydrogen (secondary N) is 4. The van der Waals surface area contributed by atoms with Crippen LogP contribution in [0, 0.1) is 5.92 Å². The molecule has 14 nitrogen and oxygen atoms in total. The van der Waals surface area contributed by atoms with Gasteiger partial charge in [-0.3, -0.25) is 9.59 Å². The van der Waals surface area contributed by atoms with Crippen molar-refractivity contribution in [2.75, 3.05) is 27.3 Å². The van der Waals surface area contributed by atoms with E-state index in [-0.39, 0.29) is 29.8 Å². The highest BCUT2D eigenvalue weighted by molar-refractivity contribution is 7.27. The molecule has 9 rings (SSSR count). The number of alkyl carbamates (subject to hydrolysis) is 2. The Morgan fingerprint density at radius 2 is 1.33 bits per heavy atom. The normalized spacial score (nSPS) is 17.3. The third-order valence-electron chi connectivity index (χ3n) is 12.1. The Morgan fingerprint density at radius 1 is 0.730 bits per heavy atom. The summed E-state index contributed by atoms with van der Waals surface area (Å²) in [5, 5.41) is 9.87. The number of hydrogen-bond donors (Lipinski definition) is 4. The molecule has 4 atom stereocenters. The molecule has 63 heavy (non-hydrogen) atoms. The first kappa shape index (κ1) is 41.8. The quantitative estimate of drug-likeness (QED) is 0.0994. The predicted octanol–water partition coefficient (Wildman–Crippen LogP) is 9.37. The van der Waals surface area contributed by atoms with Gasteiger partial charge in [0, 0.05) is 35.0 Å². The molecule has 324 valence electrons. The number of rotatable bonds is 11. The molecule has 2 fully saturated rings. The predicted molar refractivity (Wildman–Crippen MR) is 244 cm³/mol. The molecule has 4 amide bonds. The third kappa shape index (κ3) is 8.16. The van der Waals surface area contributed by atoms with E-state index >= 15 is 0 Å². The van der Waals surface area contributed by atoms with Crippen LogP contribution in [0.4, 0.5) is 9.59 Å². The van der Waals surface area contributed by atoms with Gasteiger partial charge in [0.2, 0.25) is 5.91 Å². The number of fused-ring (bicyclic) bond motifs is 2. The first-order valence-electron chi connectivity index (χ1n) is 21.1. The van der Waals surface area contributed by atoms with E-state index in [1.807, 2.05) is 66.2 Å². The fourth-order valence-electron chi connectivity index (χ4n) is 8.84. The minimum atomic E-state index is -0.883. The van der Waals surface area contributed by atoms with Crippen molar-refractivity contribution in [2.24, 2.45) is 5.92 Å². The van der Waals surface area contributed by atoms with Crippen LogP contribution in [0.2, 0.25) is 0 Å². The van der Waals surface area contributed by atoms with Gasteiger partial charge in [-0.2, -0.15) is 0 Å². The van der Waals surface area contributed by atoms with Gasteiger partial charge < -0.3 is 39.9 Å². The topological polar surface area (TPSA) is 175 Å². The molecule has 6 heterocycles. The van der Waals surface area contributed by atoms with Crippen molar-refractivity contribution < 1.29 is 28.7 Å². The van der Waals surface area contributed by atoms with Crippen molar-refractivity contribution in [3.05, 3.63) is 107 Å². The monoisotopic (exact) mass is 884 g/mol. The van der Waals surface area contributed by atoms with Crippen molar-refractivity contribution >= 4 is 67.1 Å². The lowest BCUT2D eigenvalue weighted by molar-refractivity contribution is -0.135. The molecule has 2 saturated heterocycles. The second-order valence-corrected chi connectivity index (χ2v) is 18.0. The standard InChI is InChI=1S/C47H48N8O6S2/c1-26(2)38(52-46(58)60-3)44(56)54-20-8-12-36(54)42-48-23-35(51-42)28-16-14-27(15-17-28)31-24-62-41-32(25-63-40(31)41)30-18-19-33-34(22-30)50-43(49-33)37-13-9-21-55(37)45(57)39(53-47(59)61-4)29-10-6-5-7-11-29/h5-7,10-11,14-19,22-26,36-39H,8-9,12-13,20-21H2,1-4H3,(H,48,51)(H,49,50)(H,52,58)(H,53,59). The van der Waals surface area contributed by atoms with Crippen molar-refractivity contribution in [3.63, 3.8) is 0 Å². The fourth-order valence-corrected chi connectivity index (χ4v) is 11.3. The lowest BCUT2D eigenvalue weighted by Gasteiger charge is -2.30. The van der Waals surface area contributed by atoms with Gasteiger partial charge in [0.25, 0.3) is 5.91 Å². The summed E-state index contributed by atoms with van der Waals surface area (Å²) in [4.78, 5) is 72.3. The zero-order valence-electron chi connectivity index (χ0n) is 35.3. The smallest absolute Gasteiger partial charge is 0.407 e. The van der Waals surface area contributed by atoms with Gasteiger partial charge in [0.15, 0.2) is 0 Å². The van der Waals surface area contributed by atoms with Gasteiger partial charge in [0.1, 0.15) is 23.7 Å². The first-order valence-corrected chi connectivity index (χ1v) is 22.9. The number of H-pyrrole nitrogens is 2. The number of benzene rings is 3. The average Bonchev–Trinajstić information content (AvgIpc) is 4.17. The molecule has 2 aliphatic heterocycles. The molecule has 7 aromatic rings. The van der Waals surface area contributed by atoms with Crippen LogP contribution < -0.4 is 10.6 Å². The van der Waals surface area contributed by atoms with Gasteiger partial charge in [-0.05, 0) is 66.0 Å². The molecule has 4 N–H and O–H groups in total. The number of thiophene rings is 2. The van der Waals surface area contributed by atoms with Crippen LogP contribution >= 0.6 is 22.7 Å². The Kier molecular flexibility index (Phi) is 11.7. The largest absolute Gasteiger partial charge is 0.453 e. The second-order valence-electron chi connectivity index (χ2n) is 16.3. The van der Waals surface area contributed by atoms with Gasteiger partial charge in [0.05, 0.1) is 58.6 Å². The number of hydrogen-bond acceptors (Lipinski definition) is 10. The fraction of sp³-hybridized carbons (Fsp3) is 0.319. The zero-order chi connectivity index (χ0) is 43.8. The summed E-state index contributed by atoms with van der Waals surface area (Å²) >= 11 is 3.46. The number of imidazole rings is 2. The molecular formula is C47H48N8O6S2. The number of nitrogens with zero attached hydrogens (tertiary/aromatic N) is 4. The summed E-state index contributed by atoms with van der Waals surface area (Å²) in [6.07, 6.45) is 3.74. The van der Waals surface area contributed by atoms with E-state index in [2.05, 4.69) is 67.8 Å². The number of aromatic amines is 2. The number of aromatic nitrogens is 4. The van der Waals surface area contributed by atoms with Gasteiger partial charge in [-0.25, -0.2) is 19.6 Å². The number of carbonyl (C=O) groups excluding carboxylic acids is 4. The maximum Gasteiger partial charge on any atom is 0.407 e. The lowest BCUT2D eigenvalue weighted by atomic mass is 10.0. The van der Waals surface area contributed by atoms with Crippen LogP contribution in [0.3, 0.4) is 0 Å². The summed E-state index contributed by atoms with van der Waals surface area (Å²) < 4.78 is 12.1. The number of amides is 4. The van der Waals surface area contributed by atoms with E-state index in [4.69, 9.17) is 19.4 Å². The number of methoxy groups -OCH3 is 2. The first-order chi connectivity index (χ1) is 30.6. The molecule has 4 aromatic heterocycles. The molecule has 0 radical (unpaired) electrons. The van der Waals surface area contributed by atoms with Gasteiger partial charge >= 0.3 is 12.2 Å². The highest BCUT2D eigenvalue weighted by Gasteiger charge is 2.39. The van der Waals surface area contributed by atoms with E-state index in [1.165, 1.54) is 29.2 Å². The Labute approximate surface area is 372 Å². The van der Waals surface area contributed by atoms with E-state index in [1.54, 1.807) is 22.7 Å². The van der Waals surface area contributed by atoms with E-state index in [0.717, 1.165) is 76.3 Å². The Balaban J connectivity index is 0.908. The lowest BCUT2D eigenvalue weighted by Crippen LogP contribution is -2.51. The van der Waals surface area contributed by atoms with E-state index < -0.39 is 24.3 Å². The molecule has 3 aromatic carbocycles. The van der Waals surface area contributed by atoms with Crippen molar-refractivity contribution in [1.82, 2.24) is 40.4 Å². The van der Waals surface area contributed by atoms with Crippen LogP contribution in [-0.2, 0) is 19.1 Å². The van der Waals surface area contributed by atoms with Gasteiger partial charge in [-0.1, -0.05) is 74.5 Å². The molecule has 0 spiro atoms. The van der Waals surface area contributed by atoms with Crippen molar-refractivity contribution in [1.29, 1.82) is 0 Å². The van der Waals surface area contributed by atoms with Crippen LogP contribution in [0.1, 0.15) is 74.9 Å². The third-order valence-corrected chi connectivity index (χ3v) is 14.3. The zero-order valence-corrected chi connectivity index (χ0v) is 37.0. The van der Waals surface area contributed by atoms with E-state index in [0.29, 0.717) is 18.7 Å². The number of likely N-dealkylation sites (tertiary alicyclic amines) is 2. The summed E-state index contributed by atoms with van der Waals surface area (Å²) in [5.41, 5.74) is 8.79. The highest BCUT2D eigenvalue weighted by atomic mass is 32.1. The van der Waals surface area contributed by atoms with Crippen molar-refractivity contribution in [3.8, 4) is 33.5 Å². The van der Waals surface area contributed by atoms with Crippen LogP contribution in [0.15, 0.2) is 89.8 Å². The Hall–Kier alpha value is -6.52. The molecule has 4 unspecified atom stereocenters. The van der Waals surface area contributed by atoms with Gasteiger partial charge in [-0.15, -0.1) is 22.7 Å². The summed E-state index contributed by atoms with van der Waals surface area (Å²) in [6, 6.07) is 21.9. The summed E-state index contributed by atoms with van der Waals surface area (Å²) in [7, 11) is 2.58. The maximum atomic E-state index is 14.0. The summed E-state index contributed by atoms with van der Waals surface area (Å²) in [6.45, 7) is 4.96. The van der Waals surface area contributed by atoms with E-state index in [9.17, 15) is 19.2 Å². The molecule has 0 saturated carbocycles. The molecule has 16 heteroatoms. The van der Waals surface area contributed by atoms with Crippen LogP contribution in [0.25, 0.3) is 53.9 Å². The minimum Gasteiger partial charge on any atom is -0.453 e. The number of carbonyl (C=O) groups is 4. The molecular weight excluding hydrogens is 837 g/mol. The molecule has 2 aliphatic rings.